The SMILES string of the molecule is CCOC(=O)[C@@]1(C[C@H]2CC(c3ccccc3C)=NO2)CCCN(C(=O)CC)C1. The van der Waals surface area contributed by atoms with Gasteiger partial charge in [0.15, 0.2) is 0 Å². The van der Waals surface area contributed by atoms with Gasteiger partial charge in [-0.05, 0) is 32.3 Å². The highest BCUT2D eigenvalue weighted by atomic mass is 16.6. The molecular weight excluding hydrogens is 356 g/mol. The summed E-state index contributed by atoms with van der Waals surface area (Å²) < 4.78 is 5.42. The molecule has 3 rings (SSSR count). The molecule has 0 unspecified atom stereocenters. The van der Waals surface area contributed by atoms with Crippen molar-refractivity contribution in [3.8, 4) is 0 Å². The molecule has 1 fully saturated rings. The molecule has 0 aliphatic carbocycles. The highest BCUT2D eigenvalue weighted by Crippen LogP contribution is 2.39. The van der Waals surface area contributed by atoms with Crippen LogP contribution in [0, 0.1) is 12.3 Å². The average molecular weight is 386 g/mol. The van der Waals surface area contributed by atoms with Crippen LogP contribution in [0.2, 0.25) is 0 Å². The van der Waals surface area contributed by atoms with Gasteiger partial charge in [-0.15, -0.1) is 0 Å². The minimum absolute atomic E-state index is 0.0811. The Morgan fingerprint density at radius 2 is 2.11 bits per heavy atom. The lowest BCUT2D eigenvalue weighted by Crippen LogP contribution is -2.51. The van der Waals surface area contributed by atoms with Gasteiger partial charge >= 0.3 is 5.97 Å². The lowest BCUT2D eigenvalue weighted by molar-refractivity contribution is -0.163. The fourth-order valence-electron chi connectivity index (χ4n) is 4.30. The van der Waals surface area contributed by atoms with Crippen molar-refractivity contribution in [2.24, 2.45) is 10.6 Å². The normalized spacial score (nSPS) is 24.5. The number of oxime groups is 1. The predicted octanol–water partition coefficient (Wildman–Crippen LogP) is 3.46. The molecule has 1 aromatic carbocycles. The van der Waals surface area contributed by atoms with Gasteiger partial charge < -0.3 is 14.5 Å². The molecule has 6 heteroatoms. The van der Waals surface area contributed by atoms with Crippen LogP contribution in [0.4, 0.5) is 0 Å². The zero-order chi connectivity index (χ0) is 20.1. The van der Waals surface area contributed by atoms with Crippen molar-refractivity contribution in [1.29, 1.82) is 0 Å². The lowest BCUT2D eigenvalue weighted by atomic mass is 9.74. The fraction of sp³-hybridized carbons (Fsp3) is 0.591. The van der Waals surface area contributed by atoms with Gasteiger partial charge in [-0.1, -0.05) is 36.3 Å². The average Bonchev–Trinajstić information content (AvgIpc) is 3.16. The molecule has 0 bridgehead atoms. The second-order valence-corrected chi connectivity index (χ2v) is 7.76. The van der Waals surface area contributed by atoms with Crippen molar-refractivity contribution >= 4 is 17.6 Å². The van der Waals surface area contributed by atoms with Crippen molar-refractivity contribution < 1.29 is 19.2 Å². The molecule has 2 heterocycles. The standard InChI is InChI=1S/C22H30N2O4/c1-4-20(25)24-12-8-11-22(15-24,21(26)27-5-2)14-17-13-19(23-28-17)18-10-7-6-9-16(18)3/h6-7,9-10,17H,4-5,8,11-15H2,1-3H3/t17-,22-/m1/s1. The number of carbonyl (C=O) groups excluding carboxylic acids is 2. The van der Waals surface area contributed by atoms with Gasteiger partial charge in [-0.25, -0.2) is 0 Å². The summed E-state index contributed by atoms with van der Waals surface area (Å²) in [4.78, 5) is 32.7. The Balaban J connectivity index is 1.75. The number of hydrogen-bond donors (Lipinski definition) is 0. The zero-order valence-corrected chi connectivity index (χ0v) is 17.1. The summed E-state index contributed by atoms with van der Waals surface area (Å²) in [6.45, 7) is 7.15. The summed E-state index contributed by atoms with van der Waals surface area (Å²) in [6.07, 6.45) is 2.93. The minimum Gasteiger partial charge on any atom is -0.466 e. The van der Waals surface area contributed by atoms with E-state index >= 15 is 0 Å². The molecular formula is C22H30N2O4. The van der Waals surface area contributed by atoms with E-state index in [0.29, 0.717) is 45.4 Å². The van der Waals surface area contributed by atoms with E-state index in [9.17, 15) is 9.59 Å². The van der Waals surface area contributed by atoms with Crippen molar-refractivity contribution in [1.82, 2.24) is 4.90 Å². The maximum atomic E-state index is 12.9. The number of rotatable bonds is 6. The van der Waals surface area contributed by atoms with E-state index in [1.54, 1.807) is 4.90 Å². The van der Waals surface area contributed by atoms with Crippen molar-refractivity contribution in [3.63, 3.8) is 0 Å². The van der Waals surface area contributed by atoms with E-state index in [4.69, 9.17) is 9.57 Å². The Hall–Kier alpha value is -2.37. The Labute approximate surface area is 166 Å². The minimum atomic E-state index is -0.722. The molecule has 2 aliphatic rings. The second kappa shape index (κ2) is 8.76. The van der Waals surface area contributed by atoms with Crippen LogP contribution in [0.3, 0.4) is 0 Å². The summed E-state index contributed by atoms with van der Waals surface area (Å²) in [5.74, 6) is -0.144. The fourth-order valence-corrected chi connectivity index (χ4v) is 4.30. The predicted molar refractivity (Wildman–Crippen MR) is 107 cm³/mol. The van der Waals surface area contributed by atoms with Gasteiger partial charge in [0.05, 0.1) is 17.7 Å². The van der Waals surface area contributed by atoms with Gasteiger partial charge in [0.2, 0.25) is 5.91 Å². The van der Waals surface area contributed by atoms with Crippen LogP contribution in [0.1, 0.15) is 57.1 Å². The smallest absolute Gasteiger partial charge is 0.314 e. The first-order valence-corrected chi connectivity index (χ1v) is 10.2. The zero-order valence-electron chi connectivity index (χ0n) is 17.1. The van der Waals surface area contributed by atoms with E-state index in [0.717, 1.165) is 23.3 Å². The molecule has 0 saturated carbocycles. The first-order chi connectivity index (χ1) is 13.5. The van der Waals surface area contributed by atoms with Crippen LogP contribution >= 0.6 is 0 Å². The molecule has 152 valence electrons. The third kappa shape index (κ3) is 4.21. The quantitative estimate of drug-likeness (QED) is 0.702. The molecule has 2 aliphatic heterocycles. The number of benzene rings is 1. The maximum absolute atomic E-state index is 12.9. The first kappa shape index (κ1) is 20.4. The van der Waals surface area contributed by atoms with Gasteiger partial charge in [-0.3, -0.25) is 9.59 Å². The summed E-state index contributed by atoms with van der Waals surface area (Å²) in [5.41, 5.74) is 2.43. The highest BCUT2D eigenvalue weighted by molar-refractivity contribution is 6.02. The lowest BCUT2D eigenvalue weighted by Gasteiger charge is -2.41. The van der Waals surface area contributed by atoms with E-state index in [-0.39, 0.29) is 18.0 Å². The molecule has 0 aromatic heterocycles. The number of aryl methyl sites for hydroxylation is 1. The van der Waals surface area contributed by atoms with Crippen LogP contribution < -0.4 is 0 Å². The number of carbonyl (C=O) groups is 2. The third-order valence-electron chi connectivity index (χ3n) is 5.75. The van der Waals surface area contributed by atoms with Gasteiger partial charge in [-0.2, -0.15) is 0 Å². The molecule has 1 amide bonds. The van der Waals surface area contributed by atoms with Gasteiger partial charge in [0.25, 0.3) is 0 Å². The molecule has 0 radical (unpaired) electrons. The van der Waals surface area contributed by atoms with Crippen molar-refractivity contribution in [3.05, 3.63) is 35.4 Å². The molecule has 6 nitrogen and oxygen atoms in total. The van der Waals surface area contributed by atoms with Crippen LogP contribution in [-0.2, 0) is 19.2 Å². The number of likely N-dealkylation sites (tertiary alicyclic amines) is 1. The summed E-state index contributed by atoms with van der Waals surface area (Å²) >= 11 is 0. The largest absolute Gasteiger partial charge is 0.466 e. The number of nitrogens with zero attached hydrogens (tertiary/aromatic N) is 2. The number of amides is 1. The Kier molecular flexibility index (Phi) is 6.37. The van der Waals surface area contributed by atoms with E-state index in [2.05, 4.69) is 18.1 Å². The molecule has 1 aromatic rings. The van der Waals surface area contributed by atoms with Crippen LogP contribution in [0.15, 0.2) is 29.4 Å². The molecule has 0 N–H and O–H groups in total. The van der Waals surface area contributed by atoms with Gasteiger partial charge in [0.1, 0.15) is 6.10 Å². The van der Waals surface area contributed by atoms with Crippen LogP contribution in [-0.4, -0.2) is 48.3 Å². The second-order valence-electron chi connectivity index (χ2n) is 7.76. The van der Waals surface area contributed by atoms with Crippen molar-refractivity contribution in [2.45, 2.75) is 59.0 Å². The van der Waals surface area contributed by atoms with Gasteiger partial charge in [0, 0.05) is 37.9 Å². The monoisotopic (exact) mass is 386 g/mol. The summed E-state index contributed by atoms with van der Waals surface area (Å²) in [6, 6.07) is 8.10. The van der Waals surface area contributed by atoms with Crippen LogP contribution in [0.25, 0.3) is 0 Å². The van der Waals surface area contributed by atoms with Crippen molar-refractivity contribution in [2.75, 3.05) is 19.7 Å². The van der Waals surface area contributed by atoms with E-state index < -0.39 is 5.41 Å². The number of hydrogen-bond acceptors (Lipinski definition) is 5. The number of piperidine rings is 1. The highest BCUT2D eigenvalue weighted by Gasteiger charge is 2.47. The molecule has 28 heavy (non-hydrogen) atoms. The molecule has 1 saturated heterocycles. The molecule has 2 atom stereocenters. The summed E-state index contributed by atoms with van der Waals surface area (Å²) in [5, 5.41) is 4.30. The third-order valence-corrected chi connectivity index (χ3v) is 5.75. The van der Waals surface area contributed by atoms with E-state index in [1.165, 1.54) is 0 Å². The van der Waals surface area contributed by atoms with Crippen LogP contribution in [0.5, 0.6) is 0 Å². The van der Waals surface area contributed by atoms with E-state index in [1.807, 2.05) is 32.0 Å². The topological polar surface area (TPSA) is 68.2 Å². The number of esters is 1. The first-order valence-electron chi connectivity index (χ1n) is 10.2. The Morgan fingerprint density at radius 1 is 1.32 bits per heavy atom. The maximum Gasteiger partial charge on any atom is 0.314 e. The Morgan fingerprint density at radius 3 is 2.82 bits per heavy atom. The number of ether oxygens (including phenoxy) is 1. The molecule has 0 spiro atoms. The summed E-state index contributed by atoms with van der Waals surface area (Å²) in [7, 11) is 0. The Bertz CT molecular complexity index is 761.